The Hall–Kier alpha value is -1.92. The highest BCUT2D eigenvalue weighted by Gasteiger charge is 2.14. The van der Waals surface area contributed by atoms with Gasteiger partial charge in [-0.1, -0.05) is 35.5 Å². The van der Waals surface area contributed by atoms with Gasteiger partial charge in [0.25, 0.3) is 0 Å². The number of carbonyl (C=O) groups is 1. The van der Waals surface area contributed by atoms with Crippen molar-refractivity contribution >= 4 is 18.3 Å². The lowest BCUT2D eigenvalue weighted by atomic mass is 10.1. The summed E-state index contributed by atoms with van der Waals surface area (Å²) in [5.41, 5.74) is 6.87. The lowest BCUT2D eigenvalue weighted by Gasteiger charge is -2.11. The summed E-state index contributed by atoms with van der Waals surface area (Å²) in [6, 6.07) is 9.05. The van der Waals surface area contributed by atoms with Crippen molar-refractivity contribution in [1.82, 2.24) is 15.5 Å². The first kappa shape index (κ1) is 16.1. The summed E-state index contributed by atoms with van der Waals surface area (Å²) < 4.78 is 4.90. The van der Waals surface area contributed by atoms with E-state index in [1.54, 1.807) is 6.92 Å². The Labute approximate surface area is 123 Å². The quantitative estimate of drug-likeness (QED) is 0.858. The molecule has 2 aromatic rings. The third kappa shape index (κ3) is 4.64. The van der Waals surface area contributed by atoms with Crippen LogP contribution in [0.1, 0.15) is 17.3 Å². The molecular weight excluding hydrogens is 280 g/mol. The number of hydrogen-bond acceptors (Lipinski definition) is 5. The Kier molecular flexibility index (Phi) is 6.14. The Morgan fingerprint density at radius 3 is 2.70 bits per heavy atom. The van der Waals surface area contributed by atoms with E-state index >= 15 is 0 Å². The van der Waals surface area contributed by atoms with Gasteiger partial charge in [0.2, 0.25) is 11.8 Å². The van der Waals surface area contributed by atoms with Gasteiger partial charge in [-0.25, -0.2) is 0 Å². The van der Waals surface area contributed by atoms with Gasteiger partial charge in [-0.2, -0.15) is 4.98 Å². The Morgan fingerprint density at radius 2 is 2.10 bits per heavy atom. The number of hydrogen-bond donors (Lipinski definition) is 2. The molecule has 1 atom stereocenters. The van der Waals surface area contributed by atoms with Crippen LogP contribution in [0.25, 0.3) is 0 Å². The molecule has 0 aliphatic heterocycles. The summed E-state index contributed by atoms with van der Waals surface area (Å²) in [7, 11) is 0. The molecule has 1 unspecified atom stereocenters. The van der Waals surface area contributed by atoms with Crippen molar-refractivity contribution in [2.45, 2.75) is 25.9 Å². The molecule has 1 amide bonds. The predicted octanol–water partition coefficient (Wildman–Crippen LogP) is 0.986. The third-order valence-electron chi connectivity index (χ3n) is 2.62. The molecule has 20 heavy (non-hydrogen) atoms. The number of nitrogens with zero attached hydrogens (tertiary/aromatic N) is 2. The number of nitrogens with two attached hydrogens (primary N) is 1. The molecule has 0 saturated carbocycles. The minimum Gasteiger partial charge on any atom is -0.346 e. The minimum atomic E-state index is -0.591. The molecule has 0 fully saturated rings. The van der Waals surface area contributed by atoms with Gasteiger partial charge in [-0.3, -0.25) is 4.79 Å². The molecule has 108 valence electrons. The Bertz CT molecular complexity index is 544. The molecule has 0 aliphatic rings. The fraction of sp³-hybridized carbons (Fsp3) is 0.308. The smallest absolute Gasteiger partial charge is 0.246 e. The van der Waals surface area contributed by atoms with Crippen LogP contribution in [0.2, 0.25) is 0 Å². The van der Waals surface area contributed by atoms with Gasteiger partial charge in [0.15, 0.2) is 5.82 Å². The van der Waals surface area contributed by atoms with Crippen molar-refractivity contribution in [3.8, 4) is 0 Å². The number of benzene rings is 1. The number of halogens is 1. The SMILES string of the molecule is Cc1noc(CNC(=O)C(N)Cc2ccccc2)n1.Cl. The molecule has 6 nitrogen and oxygen atoms in total. The van der Waals surface area contributed by atoms with E-state index in [4.69, 9.17) is 10.3 Å². The summed E-state index contributed by atoms with van der Waals surface area (Å²) in [6.07, 6.45) is 0.496. The zero-order valence-corrected chi connectivity index (χ0v) is 11.9. The van der Waals surface area contributed by atoms with E-state index in [-0.39, 0.29) is 24.9 Å². The monoisotopic (exact) mass is 296 g/mol. The van der Waals surface area contributed by atoms with Gasteiger partial charge in [0.1, 0.15) is 0 Å². The van der Waals surface area contributed by atoms with Gasteiger partial charge in [-0.15, -0.1) is 12.4 Å². The number of amides is 1. The molecule has 2 rings (SSSR count). The van der Waals surface area contributed by atoms with Crippen molar-refractivity contribution in [1.29, 1.82) is 0 Å². The highest BCUT2D eigenvalue weighted by molar-refractivity contribution is 5.85. The molecule has 1 aromatic heterocycles. The molecule has 7 heteroatoms. The Morgan fingerprint density at radius 1 is 1.40 bits per heavy atom. The number of aromatic nitrogens is 2. The van der Waals surface area contributed by atoms with E-state index in [1.165, 1.54) is 0 Å². The highest BCUT2D eigenvalue weighted by Crippen LogP contribution is 2.02. The van der Waals surface area contributed by atoms with Crippen LogP contribution in [0.3, 0.4) is 0 Å². The first-order valence-electron chi connectivity index (χ1n) is 6.01. The second-order valence-corrected chi connectivity index (χ2v) is 4.25. The van der Waals surface area contributed by atoms with E-state index in [9.17, 15) is 4.79 Å². The normalized spacial score (nSPS) is 11.5. The van der Waals surface area contributed by atoms with Crippen LogP contribution in [0, 0.1) is 6.92 Å². The third-order valence-corrected chi connectivity index (χ3v) is 2.62. The van der Waals surface area contributed by atoms with Crippen molar-refractivity contribution in [3.63, 3.8) is 0 Å². The molecule has 0 spiro atoms. The topological polar surface area (TPSA) is 94.0 Å². The van der Waals surface area contributed by atoms with E-state index in [2.05, 4.69) is 15.5 Å². The second-order valence-electron chi connectivity index (χ2n) is 4.25. The van der Waals surface area contributed by atoms with Crippen molar-refractivity contribution < 1.29 is 9.32 Å². The number of nitrogens with one attached hydrogen (secondary N) is 1. The molecule has 3 N–H and O–H groups in total. The van der Waals surface area contributed by atoms with Crippen LogP contribution < -0.4 is 11.1 Å². The zero-order valence-electron chi connectivity index (χ0n) is 11.1. The molecular formula is C13H17ClN4O2. The number of carbonyl (C=O) groups excluding carboxylic acids is 1. The Balaban J connectivity index is 0.00000200. The fourth-order valence-corrected chi connectivity index (χ4v) is 1.67. The summed E-state index contributed by atoms with van der Waals surface area (Å²) in [6.45, 7) is 1.91. The maximum absolute atomic E-state index is 11.8. The number of aryl methyl sites for hydroxylation is 1. The molecule has 1 aromatic carbocycles. The molecule has 0 aliphatic carbocycles. The van der Waals surface area contributed by atoms with Crippen LogP contribution in [-0.4, -0.2) is 22.1 Å². The van der Waals surface area contributed by atoms with Gasteiger partial charge in [0, 0.05) is 0 Å². The lowest BCUT2D eigenvalue weighted by molar-refractivity contribution is -0.122. The van der Waals surface area contributed by atoms with E-state index < -0.39 is 6.04 Å². The van der Waals surface area contributed by atoms with Crippen molar-refractivity contribution in [3.05, 3.63) is 47.6 Å². The fourth-order valence-electron chi connectivity index (χ4n) is 1.67. The van der Waals surface area contributed by atoms with Gasteiger partial charge < -0.3 is 15.6 Å². The summed E-state index contributed by atoms with van der Waals surface area (Å²) >= 11 is 0. The lowest BCUT2D eigenvalue weighted by Crippen LogP contribution is -2.41. The first-order chi connectivity index (χ1) is 9.15. The average Bonchev–Trinajstić information content (AvgIpc) is 2.83. The molecule has 0 saturated heterocycles. The van der Waals surface area contributed by atoms with E-state index in [0.717, 1.165) is 5.56 Å². The average molecular weight is 297 g/mol. The van der Waals surface area contributed by atoms with Crippen LogP contribution >= 0.6 is 12.4 Å². The molecule has 0 bridgehead atoms. The van der Waals surface area contributed by atoms with Crippen LogP contribution in [0.15, 0.2) is 34.9 Å². The van der Waals surface area contributed by atoms with E-state index in [0.29, 0.717) is 18.1 Å². The van der Waals surface area contributed by atoms with Gasteiger partial charge in [-0.05, 0) is 18.9 Å². The molecule has 1 heterocycles. The largest absolute Gasteiger partial charge is 0.346 e. The summed E-state index contributed by atoms with van der Waals surface area (Å²) in [5.74, 6) is 0.676. The summed E-state index contributed by atoms with van der Waals surface area (Å²) in [4.78, 5) is 15.8. The predicted molar refractivity (Wildman–Crippen MR) is 76.3 cm³/mol. The van der Waals surface area contributed by atoms with Crippen LogP contribution in [-0.2, 0) is 17.8 Å². The summed E-state index contributed by atoms with van der Waals surface area (Å²) in [5, 5.41) is 6.31. The molecule has 0 radical (unpaired) electrons. The zero-order chi connectivity index (χ0) is 13.7. The second kappa shape index (κ2) is 7.62. The maximum Gasteiger partial charge on any atom is 0.246 e. The minimum absolute atomic E-state index is 0. The van der Waals surface area contributed by atoms with Crippen molar-refractivity contribution in [2.75, 3.05) is 0 Å². The van der Waals surface area contributed by atoms with E-state index in [1.807, 2.05) is 30.3 Å². The highest BCUT2D eigenvalue weighted by atomic mass is 35.5. The van der Waals surface area contributed by atoms with Gasteiger partial charge in [0.05, 0.1) is 12.6 Å². The van der Waals surface area contributed by atoms with Crippen LogP contribution in [0.4, 0.5) is 0 Å². The standard InChI is InChI=1S/C13H16N4O2.ClH/c1-9-16-12(19-17-9)8-15-13(18)11(14)7-10-5-3-2-4-6-10;/h2-6,11H,7-8,14H2,1H3,(H,15,18);1H. The van der Waals surface area contributed by atoms with Crippen molar-refractivity contribution in [2.24, 2.45) is 5.73 Å². The number of rotatable bonds is 5. The van der Waals surface area contributed by atoms with Gasteiger partial charge >= 0.3 is 0 Å². The first-order valence-corrected chi connectivity index (χ1v) is 6.01. The maximum atomic E-state index is 11.8. The van der Waals surface area contributed by atoms with Crippen LogP contribution in [0.5, 0.6) is 0 Å².